The van der Waals surface area contributed by atoms with Gasteiger partial charge >= 0.3 is 0 Å². The molecule has 0 aliphatic carbocycles. The molecule has 1 aliphatic heterocycles. The monoisotopic (exact) mass is 449 g/mol. The fourth-order valence-corrected chi connectivity index (χ4v) is 4.12. The van der Waals surface area contributed by atoms with Crippen LogP contribution in [0.15, 0.2) is 83.3 Å². The molecule has 0 saturated heterocycles. The van der Waals surface area contributed by atoms with Crippen LogP contribution in [0.5, 0.6) is 0 Å². The fourth-order valence-electron chi connectivity index (χ4n) is 3.76. The van der Waals surface area contributed by atoms with Crippen LogP contribution < -0.4 is 4.90 Å². The van der Waals surface area contributed by atoms with E-state index in [4.69, 9.17) is 0 Å². The molecule has 1 amide bonds. The van der Waals surface area contributed by atoms with E-state index >= 15 is 0 Å². The predicted octanol–water partition coefficient (Wildman–Crippen LogP) is 4.50. The van der Waals surface area contributed by atoms with Gasteiger partial charge in [0, 0.05) is 22.1 Å². The van der Waals surface area contributed by atoms with Crippen LogP contribution in [0.25, 0.3) is 0 Å². The zero-order chi connectivity index (χ0) is 20.4. The number of aliphatic hydroxyl groups is 1. The van der Waals surface area contributed by atoms with Gasteiger partial charge in [-0.2, -0.15) is 0 Å². The van der Waals surface area contributed by atoms with Crippen LogP contribution in [0.1, 0.15) is 27.9 Å². The zero-order valence-electron chi connectivity index (χ0n) is 15.7. The maximum atomic E-state index is 13.3. The van der Waals surface area contributed by atoms with Crippen LogP contribution in [0.4, 0.5) is 5.69 Å². The highest BCUT2D eigenvalue weighted by molar-refractivity contribution is 9.10. The van der Waals surface area contributed by atoms with Gasteiger partial charge < -0.3 is 10.0 Å². The second kappa shape index (κ2) is 7.93. The van der Waals surface area contributed by atoms with Crippen molar-refractivity contribution in [1.82, 2.24) is 0 Å². The quantitative estimate of drug-likeness (QED) is 0.563. The lowest BCUT2D eigenvalue weighted by atomic mass is 9.88. The Kier molecular flexibility index (Phi) is 5.35. The van der Waals surface area contributed by atoms with Gasteiger partial charge in [-0.25, -0.2) is 0 Å². The van der Waals surface area contributed by atoms with Crippen LogP contribution in [0.3, 0.4) is 0 Å². The Bertz CT molecular complexity index is 1050. The highest BCUT2D eigenvalue weighted by Crippen LogP contribution is 2.44. The molecule has 0 aromatic heterocycles. The molecule has 0 radical (unpaired) electrons. The van der Waals surface area contributed by atoms with E-state index in [1.54, 1.807) is 35.2 Å². The van der Waals surface area contributed by atoms with Crippen molar-refractivity contribution in [1.29, 1.82) is 0 Å². The van der Waals surface area contributed by atoms with Crippen LogP contribution in [-0.4, -0.2) is 23.3 Å². The van der Waals surface area contributed by atoms with Gasteiger partial charge in [0.25, 0.3) is 5.91 Å². The maximum Gasteiger partial charge on any atom is 0.264 e. The third-order valence-corrected chi connectivity index (χ3v) is 5.77. The number of carbonyl (C=O) groups is 2. The van der Waals surface area contributed by atoms with Crippen LogP contribution in [0, 0.1) is 0 Å². The van der Waals surface area contributed by atoms with Crippen LogP contribution in [0.2, 0.25) is 0 Å². The summed E-state index contributed by atoms with van der Waals surface area (Å²) in [5, 5.41) is 11.4. The smallest absolute Gasteiger partial charge is 0.264 e. The predicted molar refractivity (Wildman–Crippen MR) is 116 cm³/mol. The second-order valence-corrected chi connectivity index (χ2v) is 8.10. The van der Waals surface area contributed by atoms with Crippen LogP contribution >= 0.6 is 15.9 Å². The van der Waals surface area contributed by atoms with Gasteiger partial charge in [0.15, 0.2) is 11.4 Å². The Hall–Kier alpha value is -2.76. The number of Topliss-reactive ketones (excluding diaryl/α,β-unsaturated/α-hetero) is 1. The van der Waals surface area contributed by atoms with E-state index in [-0.39, 0.29) is 12.2 Å². The van der Waals surface area contributed by atoms with Crippen molar-refractivity contribution in [3.8, 4) is 0 Å². The molecule has 0 fully saturated rings. The third kappa shape index (κ3) is 3.76. The second-order valence-electron chi connectivity index (χ2n) is 7.18. The number of fused-ring (bicyclic) bond motifs is 1. The summed E-state index contributed by atoms with van der Waals surface area (Å²) in [6.07, 6.45) is 0.367. The number of carbonyl (C=O) groups excluding carboxylic acids is 2. The Morgan fingerprint density at radius 1 is 0.966 bits per heavy atom. The molecule has 1 aliphatic rings. The molecule has 5 heteroatoms. The summed E-state index contributed by atoms with van der Waals surface area (Å²) in [5.74, 6) is -0.719. The lowest BCUT2D eigenvalue weighted by Crippen LogP contribution is -2.42. The molecule has 0 saturated carbocycles. The van der Waals surface area contributed by atoms with Crippen molar-refractivity contribution >= 4 is 33.3 Å². The maximum absolute atomic E-state index is 13.3. The fraction of sp³-hybridized carbons (Fsp3) is 0.167. The van der Waals surface area contributed by atoms with Gasteiger partial charge in [0.2, 0.25) is 0 Å². The van der Waals surface area contributed by atoms with Gasteiger partial charge in [0.1, 0.15) is 0 Å². The van der Waals surface area contributed by atoms with E-state index in [9.17, 15) is 14.7 Å². The molecule has 4 nitrogen and oxygen atoms in total. The Morgan fingerprint density at radius 2 is 1.62 bits per heavy atom. The molecule has 1 atom stereocenters. The molecule has 0 spiro atoms. The lowest BCUT2D eigenvalue weighted by molar-refractivity contribution is -0.135. The van der Waals surface area contributed by atoms with Crippen molar-refractivity contribution in [2.75, 3.05) is 11.4 Å². The number of benzene rings is 3. The number of hydrogen-bond donors (Lipinski definition) is 1. The van der Waals surface area contributed by atoms with E-state index in [2.05, 4.69) is 15.9 Å². The largest absolute Gasteiger partial charge is 0.375 e. The van der Waals surface area contributed by atoms with Gasteiger partial charge in [-0.3, -0.25) is 9.59 Å². The SMILES string of the molecule is O=C(C[C@]1(O)C(=O)N(CCc2ccccc2)c2ccc(Br)cc21)c1ccccc1. The summed E-state index contributed by atoms with van der Waals surface area (Å²) in [7, 11) is 0. The summed E-state index contributed by atoms with van der Waals surface area (Å²) in [6, 6.07) is 24.0. The molecule has 146 valence electrons. The summed E-state index contributed by atoms with van der Waals surface area (Å²) in [6.45, 7) is 0.430. The minimum Gasteiger partial charge on any atom is -0.375 e. The van der Waals surface area contributed by atoms with Gasteiger partial charge in [-0.05, 0) is 30.2 Å². The number of hydrogen-bond acceptors (Lipinski definition) is 3. The molecule has 1 N–H and O–H groups in total. The van der Waals surface area contributed by atoms with Crippen molar-refractivity contribution in [2.45, 2.75) is 18.4 Å². The molecule has 3 aromatic rings. The number of nitrogens with zero attached hydrogens (tertiary/aromatic N) is 1. The van der Waals surface area contributed by atoms with Gasteiger partial charge in [-0.1, -0.05) is 76.6 Å². The first kappa shape index (κ1) is 19.6. The molecule has 1 heterocycles. The minimum atomic E-state index is -1.87. The Morgan fingerprint density at radius 3 is 2.31 bits per heavy atom. The molecular formula is C24H20BrNO3. The highest BCUT2D eigenvalue weighted by atomic mass is 79.9. The van der Waals surface area contributed by atoms with Crippen molar-refractivity contribution in [3.63, 3.8) is 0 Å². The lowest BCUT2D eigenvalue weighted by Gasteiger charge is -2.23. The van der Waals surface area contributed by atoms with Gasteiger partial charge in [-0.15, -0.1) is 0 Å². The molecule has 4 rings (SSSR count). The molecule has 29 heavy (non-hydrogen) atoms. The highest BCUT2D eigenvalue weighted by Gasteiger charge is 2.50. The average Bonchev–Trinajstić information content (AvgIpc) is 2.94. The number of amides is 1. The Balaban J connectivity index is 1.65. The number of rotatable bonds is 6. The van der Waals surface area contributed by atoms with Crippen molar-refractivity contribution < 1.29 is 14.7 Å². The van der Waals surface area contributed by atoms with Crippen molar-refractivity contribution in [2.24, 2.45) is 0 Å². The number of anilines is 1. The molecule has 3 aromatic carbocycles. The van der Waals surface area contributed by atoms with Gasteiger partial charge in [0.05, 0.1) is 12.1 Å². The summed E-state index contributed by atoms with van der Waals surface area (Å²) in [5.41, 5.74) is 0.831. The topological polar surface area (TPSA) is 57.6 Å². The first-order valence-electron chi connectivity index (χ1n) is 9.45. The Labute approximate surface area is 177 Å². The summed E-state index contributed by atoms with van der Waals surface area (Å²) in [4.78, 5) is 27.7. The minimum absolute atomic E-state index is 0.266. The first-order valence-corrected chi connectivity index (χ1v) is 10.2. The third-order valence-electron chi connectivity index (χ3n) is 5.27. The molecule has 0 bridgehead atoms. The molecular weight excluding hydrogens is 430 g/mol. The standard InChI is InChI=1S/C24H20BrNO3/c25-19-11-12-21-20(15-19)24(29,16-22(27)18-9-5-2-6-10-18)23(28)26(21)14-13-17-7-3-1-4-8-17/h1-12,15,29H,13-14,16H2/t24-/m1/s1. The van der Waals surface area contributed by atoms with Crippen LogP contribution in [-0.2, 0) is 16.8 Å². The normalized spacial score (nSPS) is 18.0. The van der Waals surface area contributed by atoms with E-state index in [1.165, 1.54) is 0 Å². The van der Waals surface area contributed by atoms with E-state index in [0.29, 0.717) is 29.8 Å². The first-order chi connectivity index (χ1) is 14.0. The average molecular weight is 450 g/mol. The van der Waals surface area contributed by atoms with E-state index < -0.39 is 11.5 Å². The number of halogens is 1. The van der Waals surface area contributed by atoms with Crippen molar-refractivity contribution in [3.05, 3.63) is 100 Å². The number of ketones is 1. The zero-order valence-corrected chi connectivity index (χ0v) is 17.3. The van der Waals surface area contributed by atoms with E-state index in [1.807, 2.05) is 48.5 Å². The molecule has 0 unspecified atom stereocenters. The summed E-state index contributed by atoms with van der Waals surface area (Å²) < 4.78 is 0.750. The summed E-state index contributed by atoms with van der Waals surface area (Å²) >= 11 is 3.42. The van der Waals surface area contributed by atoms with E-state index in [0.717, 1.165) is 10.0 Å².